The molecule has 0 aliphatic carbocycles. The molecule has 0 radical (unpaired) electrons. The maximum Gasteiger partial charge on any atom is 0.410 e. The molecule has 1 N–H and O–H groups in total. The van der Waals surface area contributed by atoms with E-state index in [-0.39, 0.29) is 43.2 Å². The summed E-state index contributed by atoms with van der Waals surface area (Å²) >= 11 is 0. The fourth-order valence-corrected chi connectivity index (χ4v) is 4.24. The standard InChI is InChI=1S/C27H36N4O6/c1-18(2)30(26(35)37-27(3,4)5)15-9-17-36-16-8-11-19-10-7-12-20-23(19)29(6)25(34)31(20)21-13-14-22(32)28-24(21)33/h7,10,12,18,21H,9,13-17H2,1-6H3,(H,28,32,33). The average molecular weight is 513 g/mol. The summed E-state index contributed by atoms with van der Waals surface area (Å²) < 4.78 is 14.0. The van der Waals surface area contributed by atoms with Crippen LogP contribution in [0.1, 0.15) is 65.5 Å². The number of imide groups is 1. The first-order valence-corrected chi connectivity index (χ1v) is 12.5. The number of nitrogens with one attached hydrogen (secondary N) is 1. The van der Waals surface area contributed by atoms with Gasteiger partial charge in [-0.1, -0.05) is 17.9 Å². The number of carbonyl (C=O) groups is 3. The first-order valence-electron chi connectivity index (χ1n) is 12.5. The van der Waals surface area contributed by atoms with Crippen LogP contribution in [0.3, 0.4) is 0 Å². The van der Waals surface area contributed by atoms with Gasteiger partial charge in [0.2, 0.25) is 11.8 Å². The highest BCUT2D eigenvalue weighted by Gasteiger charge is 2.31. The quantitative estimate of drug-likeness (QED) is 0.347. The van der Waals surface area contributed by atoms with Gasteiger partial charge in [-0.05, 0) is 59.6 Å². The van der Waals surface area contributed by atoms with Crippen LogP contribution in [0.25, 0.3) is 11.0 Å². The van der Waals surface area contributed by atoms with E-state index in [1.807, 2.05) is 40.7 Å². The van der Waals surface area contributed by atoms with E-state index in [1.165, 1.54) is 9.13 Å². The van der Waals surface area contributed by atoms with Crippen molar-refractivity contribution in [2.24, 2.45) is 7.05 Å². The number of aryl methyl sites for hydroxylation is 1. The van der Waals surface area contributed by atoms with Gasteiger partial charge in [0.25, 0.3) is 0 Å². The molecular formula is C27H36N4O6. The number of piperidine rings is 1. The molecule has 1 saturated heterocycles. The number of amides is 3. The average Bonchev–Trinajstić information content (AvgIpc) is 3.05. The monoisotopic (exact) mass is 512 g/mol. The molecule has 37 heavy (non-hydrogen) atoms. The van der Waals surface area contributed by atoms with Gasteiger partial charge >= 0.3 is 11.8 Å². The van der Waals surface area contributed by atoms with Gasteiger partial charge in [0, 0.05) is 32.7 Å². The number of hydrogen-bond donors (Lipinski definition) is 1. The Balaban J connectivity index is 1.63. The van der Waals surface area contributed by atoms with Crippen LogP contribution in [0.4, 0.5) is 4.79 Å². The summed E-state index contributed by atoms with van der Waals surface area (Å²) in [6, 6.07) is 4.63. The molecule has 1 aliphatic heterocycles. The number of ether oxygens (including phenoxy) is 2. The fourth-order valence-electron chi connectivity index (χ4n) is 4.24. The van der Waals surface area contributed by atoms with Gasteiger partial charge in [0.1, 0.15) is 18.2 Å². The number of benzene rings is 1. The molecule has 3 rings (SSSR count). The van der Waals surface area contributed by atoms with E-state index < -0.39 is 17.6 Å². The van der Waals surface area contributed by atoms with Gasteiger partial charge in [-0.2, -0.15) is 0 Å². The van der Waals surface area contributed by atoms with Crippen molar-refractivity contribution in [2.45, 2.75) is 71.6 Å². The van der Waals surface area contributed by atoms with Crippen molar-refractivity contribution in [1.29, 1.82) is 0 Å². The molecule has 2 heterocycles. The van der Waals surface area contributed by atoms with Crippen molar-refractivity contribution in [1.82, 2.24) is 19.4 Å². The number of hydrogen-bond acceptors (Lipinski definition) is 6. The van der Waals surface area contributed by atoms with Gasteiger partial charge < -0.3 is 14.4 Å². The van der Waals surface area contributed by atoms with Crippen molar-refractivity contribution >= 4 is 28.9 Å². The predicted molar refractivity (Wildman–Crippen MR) is 139 cm³/mol. The molecule has 1 unspecified atom stereocenters. The van der Waals surface area contributed by atoms with Crippen molar-refractivity contribution < 1.29 is 23.9 Å². The second-order valence-corrected chi connectivity index (χ2v) is 10.3. The van der Waals surface area contributed by atoms with Crippen molar-refractivity contribution in [3.05, 3.63) is 34.2 Å². The lowest BCUT2D eigenvalue weighted by Gasteiger charge is -2.30. The SMILES string of the molecule is CC(C)N(CCCOCC#Cc1cccc2c1n(C)c(=O)n2C1CCC(=O)NC1=O)C(=O)OC(C)(C)C. The summed E-state index contributed by atoms with van der Waals surface area (Å²) in [6.45, 7) is 10.5. The molecule has 10 heteroatoms. The van der Waals surface area contributed by atoms with E-state index in [4.69, 9.17) is 9.47 Å². The number of aromatic nitrogens is 2. The van der Waals surface area contributed by atoms with E-state index >= 15 is 0 Å². The number of imidazole rings is 1. The third kappa shape index (κ3) is 6.80. The highest BCUT2D eigenvalue weighted by Crippen LogP contribution is 2.24. The van der Waals surface area contributed by atoms with Crippen LogP contribution >= 0.6 is 0 Å². The number of fused-ring (bicyclic) bond motifs is 1. The zero-order valence-electron chi connectivity index (χ0n) is 22.4. The van der Waals surface area contributed by atoms with Crippen LogP contribution in [0.2, 0.25) is 0 Å². The molecule has 0 spiro atoms. The summed E-state index contributed by atoms with van der Waals surface area (Å²) in [5.41, 5.74) is 0.962. The smallest absolute Gasteiger partial charge is 0.410 e. The van der Waals surface area contributed by atoms with Crippen LogP contribution < -0.4 is 11.0 Å². The second-order valence-electron chi connectivity index (χ2n) is 10.3. The Labute approximate surface area is 216 Å². The van der Waals surface area contributed by atoms with Crippen molar-refractivity contribution in [2.75, 3.05) is 19.8 Å². The molecule has 1 aromatic heterocycles. The fraction of sp³-hybridized carbons (Fsp3) is 0.556. The van der Waals surface area contributed by atoms with Gasteiger partial charge in [0.05, 0.1) is 16.6 Å². The number of carbonyl (C=O) groups excluding carboxylic acids is 3. The van der Waals surface area contributed by atoms with Crippen LogP contribution in [0.15, 0.2) is 23.0 Å². The van der Waals surface area contributed by atoms with Gasteiger partial charge in [0.15, 0.2) is 0 Å². The summed E-state index contributed by atoms with van der Waals surface area (Å²) in [5.74, 6) is 5.24. The van der Waals surface area contributed by atoms with Crippen LogP contribution in [-0.2, 0) is 26.1 Å². The Morgan fingerprint density at radius 2 is 1.97 bits per heavy atom. The Kier molecular flexibility index (Phi) is 8.81. The van der Waals surface area contributed by atoms with Crippen LogP contribution in [0.5, 0.6) is 0 Å². The molecule has 3 amide bonds. The van der Waals surface area contributed by atoms with E-state index in [2.05, 4.69) is 17.2 Å². The van der Waals surface area contributed by atoms with E-state index in [0.29, 0.717) is 36.2 Å². The lowest BCUT2D eigenvalue weighted by atomic mass is 10.1. The molecular weight excluding hydrogens is 476 g/mol. The van der Waals surface area contributed by atoms with E-state index in [1.54, 1.807) is 24.1 Å². The minimum atomic E-state index is -0.744. The third-order valence-electron chi connectivity index (χ3n) is 5.96. The zero-order valence-corrected chi connectivity index (χ0v) is 22.4. The van der Waals surface area contributed by atoms with E-state index in [9.17, 15) is 19.2 Å². The minimum Gasteiger partial charge on any atom is -0.444 e. The molecule has 0 bridgehead atoms. The highest BCUT2D eigenvalue weighted by atomic mass is 16.6. The minimum absolute atomic E-state index is 0.00857. The Morgan fingerprint density at radius 3 is 2.62 bits per heavy atom. The normalized spacial score (nSPS) is 15.9. The summed E-state index contributed by atoms with van der Waals surface area (Å²) in [7, 11) is 1.64. The predicted octanol–water partition coefficient (Wildman–Crippen LogP) is 2.72. The third-order valence-corrected chi connectivity index (χ3v) is 5.96. The maximum absolute atomic E-state index is 13.0. The molecule has 1 atom stereocenters. The van der Waals surface area contributed by atoms with Crippen LogP contribution in [-0.4, -0.2) is 63.3 Å². The Bertz CT molecular complexity index is 1290. The Hall–Kier alpha value is -3.58. The molecule has 1 aliphatic rings. The van der Waals surface area contributed by atoms with Gasteiger partial charge in [-0.3, -0.25) is 24.0 Å². The largest absolute Gasteiger partial charge is 0.444 e. The zero-order chi connectivity index (χ0) is 27.3. The lowest BCUT2D eigenvalue weighted by molar-refractivity contribution is -0.135. The molecule has 2 aromatic rings. The van der Waals surface area contributed by atoms with Gasteiger partial charge in [-0.15, -0.1) is 0 Å². The summed E-state index contributed by atoms with van der Waals surface area (Å²) in [5, 5.41) is 2.31. The molecule has 200 valence electrons. The number of nitrogens with zero attached hydrogens (tertiary/aromatic N) is 3. The second kappa shape index (κ2) is 11.6. The summed E-state index contributed by atoms with van der Waals surface area (Å²) in [4.78, 5) is 51.0. The van der Waals surface area contributed by atoms with Gasteiger partial charge in [-0.25, -0.2) is 9.59 Å². The molecule has 10 nitrogen and oxygen atoms in total. The topological polar surface area (TPSA) is 112 Å². The van der Waals surface area contributed by atoms with E-state index in [0.717, 1.165) is 0 Å². The number of rotatable bonds is 7. The number of para-hydroxylation sites is 1. The Morgan fingerprint density at radius 1 is 1.24 bits per heavy atom. The molecule has 1 fully saturated rings. The van der Waals surface area contributed by atoms with Crippen molar-refractivity contribution in [3.63, 3.8) is 0 Å². The highest BCUT2D eigenvalue weighted by molar-refractivity contribution is 6.00. The van der Waals surface area contributed by atoms with Crippen molar-refractivity contribution in [3.8, 4) is 11.8 Å². The van der Waals surface area contributed by atoms with Crippen LogP contribution in [0, 0.1) is 11.8 Å². The molecule has 0 saturated carbocycles. The first kappa shape index (κ1) is 28.0. The first-order chi connectivity index (χ1) is 17.4. The lowest BCUT2D eigenvalue weighted by Crippen LogP contribution is -2.44. The summed E-state index contributed by atoms with van der Waals surface area (Å²) in [6.07, 6.45) is 0.751. The maximum atomic E-state index is 13.0. The molecule has 1 aromatic carbocycles.